The zero-order valence-electron chi connectivity index (χ0n) is 18.2. The van der Waals surface area contributed by atoms with Crippen LogP contribution in [0.1, 0.15) is 17.3 Å². The van der Waals surface area contributed by atoms with Crippen LogP contribution in [0.5, 0.6) is 5.75 Å². The van der Waals surface area contributed by atoms with Crippen molar-refractivity contribution in [1.29, 1.82) is 0 Å². The Kier molecular flexibility index (Phi) is 7.68. The number of methoxy groups -OCH3 is 1. The van der Waals surface area contributed by atoms with Crippen LogP contribution in [0.3, 0.4) is 0 Å². The number of ether oxygens (including phenoxy) is 2. The predicted octanol–water partition coefficient (Wildman–Crippen LogP) is 3.71. The quantitative estimate of drug-likeness (QED) is 0.481. The highest BCUT2D eigenvalue weighted by molar-refractivity contribution is 7.92. The van der Waals surface area contributed by atoms with E-state index in [-0.39, 0.29) is 17.1 Å². The van der Waals surface area contributed by atoms with Gasteiger partial charge in [-0.2, -0.15) is 0 Å². The number of carbonyl (C=O) groups is 2. The van der Waals surface area contributed by atoms with Gasteiger partial charge >= 0.3 is 5.97 Å². The minimum Gasteiger partial charge on any atom is -0.497 e. The number of nitrogens with zero attached hydrogens (tertiary/aromatic N) is 1. The largest absolute Gasteiger partial charge is 0.497 e. The van der Waals surface area contributed by atoms with E-state index in [0.717, 1.165) is 4.31 Å². The molecule has 33 heavy (non-hydrogen) atoms. The Balaban J connectivity index is 1.86. The number of nitrogens with one attached hydrogen (secondary N) is 1. The van der Waals surface area contributed by atoms with E-state index >= 15 is 0 Å². The SMILES string of the molecule is CCOC(=O)c1cccc(NC(=O)CN(c2ccccc2)S(=O)(=O)c2ccc(OC)cc2)c1. The highest BCUT2D eigenvalue weighted by Crippen LogP contribution is 2.25. The van der Waals surface area contributed by atoms with Gasteiger partial charge in [0.25, 0.3) is 10.0 Å². The Morgan fingerprint density at radius 1 is 0.939 bits per heavy atom. The third-order valence-corrected chi connectivity index (χ3v) is 6.42. The second-order valence-corrected chi connectivity index (χ2v) is 8.73. The predicted molar refractivity (Wildman–Crippen MR) is 125 cm³/mol. The van der Waals surface area contributed by atoms with Crippen LogP contribution >= 0.6 is 0 Å². The van der Waals surface area contributed by atoms with Gasteiger partial charge in [0.1, 0.15) is 12.3 Å². The van der Waals surface area contributed by atoms with Gasteiger partial charge in [0.05, 0.1) is 29.9 Å². The number of benzene rings is 3. The molecule has 1 N–H and O–H groups in total. The number of para-hydroxylation sites is 1. The summed E-state index contributed by atoms with van der Waals surface area (Å²) < 4.78 is 37.9. The van der Waals surface area contributed by atoms with Gasteiger partial charge in [0, 0.05) is 5.69 Å². The monoisotopic (exact) mass is 468 g/mol. The van der Waals surface area contributed by atoms with Crippen LogP contribution in [0.25, 0.3) is 0 Å². The second-order valence-electron chi connectivity index (χ2n) is 6.87. The van der Waals surface area contributed by atoms with Crippen LogP contribution < -0.4 is 14.4 Å². The average Bonchev–Trinajstić information content (AvgIpc) is 2.83. The normalized spacial score (nSPS) is 10.8. The molecule has 3 aromatic carbocycles. The van der Waals surface area contributed by atoms with Crippen LogP contribution in [-0.4, -0.2) is 40.6 Å². The highest BCUT2D eigenvalue weighted by Gasteiger charge is 2.27. The smallest absolute Gasteiger partial charge is 0.338 e. The fraction of sp³-hybridized carbons (Fsp3) is 0.167. The number of hydrogen-bond acceptors (Lipinski definition) is 6. The van der Waals surface area contributed by atoms with Crippen molar-refractivity contribution in [1.82, 2.24) is 0 Å². The molecule has 0 aliphatic heterocycles. The van der Waals surface area contributed by atoms with Gasteiger partial charge in [-0.1, -0.05) is 24.3 Å². The summed E-state index contributed by atoms with van der Waals surface area (Å²) in [5.41, 5.74) is 0.963. The first kappa shape index (κ1) is 23.8. The third kappa shape index (κ3) is 5.89. The molecule has 8 nitrogen and oxygen atoms in total. The minimum atomic E-state index is -4.05. The summed E-state index contributed by atoms with van der Waals surface area (Å²) in [4.78, 5) is 24.8. The molecule has 3 aromatic rings. The molecule has 0 unspecified atom stereocenters. The first-order valence-electron chi connectivity index (χ1n) is 10.1. The number of rotatable bonds is 9. The van der Waals surface area contributed by atoms with Gasteiger partial charge < -0.3 is 14.8 Å². The summed E-state index contributed by atoms with van der Waals surface area (Å²) in [6, 6.07) is 20.5. The Bertz CT molecular complexity index is 1210. The maximum atomic E-state index is 13.4. The maximum absolute atomic E-state index is 13.4. The molecule has 0 fully saturated rings. The summed E-state index contributed by atoms with van der Waals surface area (Å²) in [5.74, 6) is -0.571. The molecular weight excluding hydrogens is 444 g/mol. The van der Waals surface area contributed by atoms with Gasteiger partial charge in [0.15, 0.2) is 0 Å². The lowest BCUT2D eigenvalue weighted by atomic mass is 10.2. The van der Waals surface area contributed by atoms with Gasteiger partial charge in [-0.3, -0.25) is 9.10 Å². The molecule has 0 bridgehead atoms. The van der Waals surface area contributed by atoms with E-state index in [2.05, 4.69) is 5.32 Å². The average molecular weight is 469 g/mol. The van der Waals surface area contributed by atoms with Gasteiger partial charge in [-0.15, -0.1) is 0 Å². The standard InChI is InChI=1S/C24H24N2O6S/c1-3-32-24(28)18-8-7-9-19(16-18)25-23(27)17-26(20-10-5-4-6-11-20)33(29,30)22-14-12-21(31-2)13-15-22/h4-16H,3,17H2,1-2H3,(H,25,27). The third-order valence-electron chi connectivity index (χ3n) is 4.64. The molecule has 0 radical (unpaired) electrons. The van der Waals surface area contributed by atoms with Crippen molar-refractivity contribution in [3.8, 4) is 5.75 Å². The second kappa shape index (κ2) is 10.6. The van der Waals surface area contributed by atoms with Crippen molar-refractivity contribution in [2.75, 3.05) is 29.9 Å². The van der Waals surface area contributed by atoms with Gasteiger partial charge in [-0.05, 0) is 61.5 Å². The number of hydrogen-bond donors (Lipinski definition) is 1. The zero-order valence-corrected chi connectivity index (χ0v) is 19.0. The minimum absolute atomic E-state index is 0.0178. The molecule has 0 saturated carbocycles. The van der Waals surface area contributed by atoms with Crippen molar-refractivity contribution in [3.05, 3.63) is 84.4 Å². The summed E-state index contributed by atoms with van der Waals surface area (Å²) >= 11 is 0. The summed E-state index contributed by atoms with van der Waals surface area (Å²) in [6.07, 6.45) is 0. The molecule has 172 valence electrons. The maximum Gasteiger partial charge on any atom is 0.338 e. The molecule has 0 aromatic heterocycles. The number of sulfonamides is 1. The molecule has 3 rings (SSSR count). The summed E-state index contributed by atoms with van der Waals surface area (Å²) in [6.45, 7) is 1.46. The van der Waals surface area contributed by atoms with Crippen molar-refractivity contribution < 1.29 is 27.5 Å². The molecule has 0 saturated heterocycles. The molecular formula is C24H24N2O6S. The molecule has 0 aliphatic carbocycles. The van der Waals surface area contributed by atoms with Crippen LogP contribution in [0.2, 0.25) is 0 Å². The van der Waals surface area contributed by atoms with E-state index in [1.807, 2.05) is 0 Å². The lowest BCUT2D eigenvalue weighted by molar-refractivity contribution is -0.114. The van der Waals surface area contributed by atoms with E-state index < -0.39 is 28.4 Å². The van der Waals surface area contributed by atoms with E-state index in [1.54, 1.807) is 55.5 Å². The first-order chi connectivity index (χ1) is 15.8. The van der Waals surface area contributed by atoms with Crippen LogP contribution in [0, 0.1) is 0 Å². The van der Waals surface area contributed by atoms with Crippen molar-refractivity contribution in [3.63, 3.8) is 0 Å². The lowest BCUT2D eigenvalue weighted by Gasteiger charge is -2.24. The molecule has 9 heteroatoms. The van der Waals surface area contributed by atoms with Gasteiger partial charge in [0.2, 0.25) is 5.91 Å². The highest BCUT2D eigenvalue weighted by atomic mass is 32.2. The fourth-order valence-electron chi connectivity index (χ4n) is 3.05. The number of anilines is 2. The van der Waals surface area contributed by atoms with E-state index in [1.165, 1.54) is 37.4 Å². The van der Waals surface area contributed by atoms with Crippen molar-refractivity contribution in [2.24, 2.45) is 0 Å². The Labute approximate surface area is 192 Å². The van der Waals surface area contributed by atoms with E-state index in [0.29, 0.717) is 17.1 Å². The molecule has 0 heterocycles. The van der Waals surface area contributed by atoms with Crippen LogP contribution in [-0.2, 0) is 19.6 Å². The number of carbonyl (C=O) groups excluding carboxylic acids is 2. The molecule has 0 spiro atoms. The fourth-order valence-corrected chi connectivity index (χ4v) is 4.47. The molecule has 0 atom stereocenters. The van der Waals surface area contributed by atoms with Crippen molar-refractivity contribution >= 4 is 33.3 Å². The van der Waals surface area contributed by atoms with Crippen molar-refractivity contribution in [2.45, 2.75) is 11.8 Å². The van der Waals surface area contributed by atoms with E-state index in [4.69, 9.17) is 9.47 Å². The number of esters is 1. The van der Waals surface area contributed by atoms with Crippen LogP contribution in [0.15, 0.2) is 83.8 Å². The van der Waals surface area contributed by atoms with Gasteiger partial charge in [-0.25, -0.2) is 13.2 Å². The Morgan fingerprint density at radius 3 is 2.27 bits per heavy atom. The molecule has 0 aliphatic rings. The zero-order chi connectivity index (χ0) is 23.8. The molecule has 1 amide bonds. The summed E-state index contributed by atoms with van der Waals surface area (Å²) in [7, 11) is -2.57. The lowest BCUT2D eigenvalue weighted by Crippen LogP contribution is -2.38. The first-order valence-corrected chi connectivity index (χ1v) is 11.6. The van der Waals surface area contributed by atoms with Crippen LogP contribution in [0.4, 0.5) is 11.4 Å². The van der Waals surface area contributed by atoms with E-state index in [9.17, 15) is 18.0 Å². The Hall–Kier alpha value is -3.85. The topological polar surface area (TPSA) is 102 Å². The summed E-state index contributed by atoms with van der Waals surface area (Å²) in [5, 5.41) is 2.65. The Morgan fingerprint density at radius 2 is 1.64 bits per heavy atom. The number of amides is 1.